The summed E-state index contributed by atoms with van der Waals surface area (Å²) in [5.41, 5.74) is -4.17. The van der Waals surface area contributed by atoms with Gasteiger partial charge in [-0.2, -0.15) is 0 Å². The molecule has 0 aromatic carbocycles. The van der Waals surface area contributed by atoms with Gasteiger partial charge in [0.25, 0.3) is 5.91 Å². The third-order valence-electron chi connectivity index (χ3n) is 13.1. The summed E-state index contributed by atoms with van der Waals surface area (Å²) >= 11 is 1.38. The topological polar surface area (TPSA) is 139 Å². The van der Waals surface area contributed by atoms with Crippen LogP contribution in [0.3, 0.4) is 0 Å². The molecule has 0 saturated heterocycles. The van der Waals surface area contributed by atoms with Crippen LogP contribution in [-0.2, 0) is 23.9 Å². The first kappa shape index (κ1) is 30.3. The lowest BCUT2D eigenvalue weighted by molar-refractivity contribution is -0.419. The Balaban J connectivity index is 1.16. The molecule has 9 nitrogen and oxygen atoms in total. The van der Waals surface area contributed by atoms with E-state index in [9.17, 15) is 29.4 Å². The highest BCUT2D eigenvalue weighted by Gasteiger charge is 2.95. The SMILES string of the molecule is C=C1[C@@H]2CC[C@H]3[C@]4(C)C(=O)CCC(C)(C)[C@H]4[C@H](O)[C@@](O)(OC)[C@]34C(=O)C1(OC(=O)C1CCC(NC(=O)c3cccs3)CC1)[C@H]24. The van der Waals surface area contributed by atoms with Crippen LogP contribution < -0.4 is 5.32 Å². The van der Waals surface area contributed by atoms with Gasteiger partial charge in [-0.05, 0) is 79.2 Å². The highest BCUT2D eigenvalue weighted by molar-refractivity contribution is 7.12. The number of ketones is 2. The maximum Gasteiger partial charge on any atom is 0.310 e. The number of nitrogens with one attached hydrogen (secondary N) is 1. The van der Waals surface area contributed by atoms with E-state index >= 15 is 0 Å². The van der Waals surface area contributed by atoms with Gasteiger partial charge in [-0.25, -0.2) is 0 Å². The van der Waals surface area contributed by atoms with Crippen LogP contribution in [0.15, 0.2) is 29.7 Å². The zero-order valence-corrected chi connectivity index (χ0v) is 26.7. The van der Waals surface area contributed by atoms with Crippen molar-refractivity contribution < 1.29 is 38.9 Å². The average molecular weight is 626 g/mol. The molecule has 6 aliphatic rings. The third kappa shape index (κ3) is 3.36. The molecular weight excluding hydrogens is 582 g/mol. The fraction of sp³-hybridized carbons (Fsp3) is 0.706. The minimum absolute atomic E-state index is 0.00484. The van der Waals surface area contributed by atoms with Gasteiger partial charge in [0.05, 0.1) is 10.8 Å². The molecule has 0 bridgehead atoms. The van der Waals surface area contributed by atoms with Gasteiger partial charge in [-0.15, -0.1) is 11.3 Å². The number of thiophene rings is 1. The number of aliphatic hydroxyl groups excluding tert-OH is 1. The number of amides is 1. The summed E-state index contributed by atoms with van der Waals surface area (Å²) < 4.78 is 12.0. The van der Waals surface area contributed by atoms with Gasteiger partial charge in [0.15, 0.2) is 11.4 Å². The fourth-order valence-corrected chi connectivity index (χ4v) is 11.8. The molecule has 6 aliphatic carbocycles. The number of methoxy groups -OCH3 is 1. The Hall–Kier alpha value is -2.40. The second kappa shape index (κ2) is 9.56. The number of hydrogen-bond acceptors (Lipinski definition) is 9. The van der Waals surface area contributed by atoms with E-state index in [1.54, 1.807) is 6.07 Å². The molecule has 1 heterocycles. The smallest absolute Gasteiger partial charge is 0.310 e. The molecule has 6 fully saturated rings. The first-order valence-electron chi connectivity index (χ1n) is 16.0. The van der Waals surface area contributed by atoms with Crippen molar-refractivity contribution in [1.29, 1.82) is 0 Å². The van der Waals surface area contributed by atoms with Crippen molar-refractivity contribution in [3.05, 3.63) is 34.5 Å². The Kier molecular flexibility index (Phi) is 6.58. The zero-order valence-electron chi connectivity index (χ0n) is 25.9. The lowest BCUT2D eigenvalue weighted by Crippen LogP contribution is -2.94. The number of esters is 1. The molecule has 3 N–H and O–H groups in total. The van der Waals surface area contributed by atoms with Crippen molar-refractivity contribution in [3.8, 4) is 0 Å². The minimum atomic E-state index is -2.24. The summed E-state index contributed by atoms with van der Waals surface area (Å²) in [7, 11) is 1.31. The minimum Gasteiger partial charge on any atom is -0.446 e. The molecule has 44 heavy (non-hydrogen) atoms. The van der Waals surface area contributed by atoms with E-state index in [-0.39, 0.29) is 23.7 Å². The second-order valence-electron chi connectivity index (χ2n) is 15.1. The van der Waals surface area contributed by atoms with Crippen molar-refractivity contribution in [1.82, 2.24) is 5.32 Å². The Morgan fingerprint density at radius 1 is 1.07 bits per heavy atom. The lowest BCUT2D eigenvalue weighted by atomic mass is 9.22. The first-order valence-corrected chi connectivity index (χ1v) is 16.9. The monoisotopic (exact) mass is 625 g/mol. The van der Waals surface area contributed by atoms with Crippen LogP contribution in [0.5, 0.6) is 0 Å². The predicted molar refractivity (Wildman–Crippen MR) is 160 cm³/mol. The Morgan fingerprint density at radius 3 is 2.41 bits per heavy atom. The van der Waals surface area contributed by atoms with Gasteiger partial charge >= 0.3 is 5.97 Å². The van der Waals surface area contributed by atoms with E-state index in [0.29, 0.717) is 61.8 Å². The van der Waals surface area contributed by atoms with Crippen LogP contribution in [0, 0.1) is 45.8 Å². The molecule has 1 amide bonds. The maximum atomic E-state index is 14.8. The highest BCUT2D eigenvalue weighted by Crippen LogP contribution is 2.83. The number of carbonyl (C=O) groups excluding carboxylic acids is 4. The van der Waals surface area contributed by atoms with Crippen molar-refractivity contribution >= 4 is 34.8 Å². The number of rotatable bonds is 5. The molecule has 7 rings (SSSR count). The number of ether oxygens (including phenoxy) is 2. The van der Waals surface area contributed by atoms with Gasteiger partial charge in [0, 0.05) is 36.8 Å². The molecule has 0 radical (unpaired) electrons. The van der Waals surface area contributed by atoms with Crippen LogP contribution >= 0.6 is 11.3 Å². The summed E-state index contributed by atoms with van der Waals surface area (Å²) in [6, 6.07) is 3.56. The average Bonchev–Trinajstić information content (AvgIpc) is 3.55. The van der Waals surface area contributed by atoms with Crippen LogP contribution in [0.1, 0.15) is 81.8 Å². The summed E-state index contributed by atoms with van der Waals surface area (Å²) in [4.78, 5) is 55.5. The molecule has 0 aliphatic heterocycles. The summed E-state index contributed by atoms with van der Waals surface area (Å²) in [6.07, 6.45) is 2.84. The van der Waals surface area contributed by atoms with Crippen molar-refractivity contribution in [2.75, 3.05) is 7.11 Å². The largest absolute Gasteiger partial charge is 0.446 e. The summed E-state index contributed by atoms with van der Waals surface area (Å²) in [5.74, 6) is -5.77. The van der Waals surface area contributed by atoms with E-state index in [0.717, 1.165) is 0 Å². The first-order chi connectivity index (χ1) is 20.7. The maximum absolute atomic E-state index is 14.8. The molecule has 1 aromatic heterocycles. The van der Waals surface area contributed by atoms with Gasteiger partial charge < -0.3 is 25.0 Å². The van der Waals surface area contributed by atoms with Crippen LogP contribution in [0.25, 0.3) is 0 Å². The number of Topliss-reactive ketones (excluding diaryl/α,β-unsaturated/α-hetero) is 2. The van der Waals surface area contributed by atoms with Gasteiger partial charge in [0.2, 0.25) is 5.79 Å². The zero-order chi connectivity index (χ0) is 31.6. The number of fused-ring (bicyclic) bond motifs is 2. The molecule has 1 aromatic rings. The quantitative estimate of drug-likeness (QED) is 0.255. The fourth-order valence-electron chi connectivity index (χ4n) is 11.2. The van der Waals surface area contributed by atoms with E-state index in [2.05, 4.69) is 11.9 Å². The molecule has 238 valence electrons. The Morgan fingerprint density at radius 2 is 1.77 bits per heavy atom. The molecule has 1 spiro atoms. The summed E-state index contributed by atoms with van der Waals surface area (Å²) in [5, 5.41) is 29.2. The molecular formula is C34H43NO8S. The van der Waals surface area contributed by atoms with E-state index in [1.807, 2.05) is 32.2 Å². The molecule has 1 unspecified atom stereocenters. The lowest BCUT2D eigenvalue weighted by Gasteiger charge is -2.81. The number of aliphatic hydroxyl groups is 2. The van der Waals surface area contributed by atoms with Gasteiger partial charge in [-0.1, -0.05) is 33.4 Å². The predicted octanol–water partition coefficient (Wildman–Crippen LogP) is 3.82. The van der Waals surface area contributed by atoms with E-state index in [1.165, 1.54) is 18.4 Å². The number of carbonyl (C=O) groups is 4. The summed E-state index contributed by atoms with van der Waals surface area (Å²) in [6.45, 7) is 10.1. The normalized spacial score (nSPS) is 46.9. The molecule has 9 atom stereocenters. The van der Waals surface area contributed by atoms with Crippen LogP contribution in [0.4, 0.5) is 0 Å². The molecule has 10 heteroatoms. The number of hydrogen-bond donors (Lipinski definition) is 3. The van der Waals surface area contributed by atoms with Crippen molar-refractivity contribution in [2.45, 2.75) is 95.7 Å². The Bertz CT molecular complexity index is 1450. The van der Waals surface area contributed by atoms with Crippen molar-refractivity contribution in [3.63, 3.8) is 0 Å². The second-order valence-corrected chi connectivity index (χ2v) is 16.1. The van der Waals surface area contributed by atoms with Crippen molar-refractivity contribution in [2.24, 2.45) is 45.8 Å². The van der Waals surface area contributed by atoms with Crippen LogP contribution in [0.2, 0.25) is 0 Å². The van der Waals surface area contributed by atoms with Gasteiger partial charge in [-0.3, -0.25) is 19.2 Å². The van der Waals surface area contributed by atoms with E-state index in [4.69, 9.17) is 9.47 Å². The third-order valence-corrected chi connectivity index (χ3v) is 14.0. The highest BCUT2D eigenvalue weighted by atomic mass is 32.1. The van der Waals surface area contributed by atoms with E-state index < -0.39 is 69.2 Å². The molecule has 6 saturated carbocycles. The standard InChI is InChI=1S/C34H43NO8S/c1-17-20-12-13-22-31(4)23(36)14-15-30(2,3)25(31)26(37)34(41,42-5)32(22)24(20)33(17,29(32)40)43-28(39)18-8-10-19(11-9-18)35-27(38)21-7-6-16-44-21/h6-7,16,18-20,22,24-26,37,41H,1,8-15H2,2-5H3,(H,35,38)/t18?,19?,20-,22-,24+,25+,26-,31+,32+,33?,34+/m0/s1. The van der Waals surface area contributed by atoms with Gasteiger partial charge in [0.1, 0.15) is 17.3 Å². The Labute approximate surface area is 261 Å². The van der Waals surface area contributed by atoms with Crippen LogP contribution in [-0.4, -0.2) is 64.3 Å².